The fourth-order valence-corrected chi connectivity index (χ4v) is 4.94. The van der Waals surface area contributed by atoms with Crippen molar-refractivity contribution in [1.82, 2.24) is 14.8 Å². The van der Waals surface area contributed by atoms with Gasteiger partial charge in [0.05, 0.1) is 23.7 Å². The Balaban J connectivity index is 1.23. The molecule has 0 saturated carbocycles. The number of piperazine rings is 1. The van der Waals surface area contributed by atoms with Crippen LogP contribution in [-0.2, 0) is 11.3 Å². The molecule has 0 spiro atoms. The topological polar surface area (TPSA) is 48.5 Å². The number of aryl methyl sites for hydroxylation is 1. The average Bonchev–Trinajstić information content (AvgIpc) is 3.35. The highest BCUT2D eigenvalue weighted by molar-refractivity contribution is 7.14. The predicted molar refractivity (Wildman–Crippen MR) is 117 cm³/mol. The Morgan fingerprint density at radius 3 is 2.68 bits per heavy atom. The first kappa shape index (κ1) is 19.3. The number of anilines is 1. The van der Waals surface area contributed by atoms with E-state index in [9.17, 15) is 4.79 Å². The van der Waals surface area contributed by atoms with Gasteiger partial charge >= 0.3 is 0 Å². The number of nitrogens with one attached hydrogen (secondary N) is 1. The third-order valence-electron chi connectivity index (χ3n) is 4.82. The van der Waals surface area contributed by atoms with E-state index < -0.39 is 0 Å². The maximum absolute atomic E-state index is 12.3. The number of hydrogen-bond donors (Lipinski definition) is 1. The van der Waals surface area contributed by atoms with Crippen LogP contribution in [0.3, 0.4) is 0 Å². The Kier molecular flexibility index (Phi) is 6.17. The molecule has 146 valence electrons. The van der Waals surface area contributed by atoms with Gasteiger partial charge in [-0.15, -0.1) is 22.7 Å². The van der Waals surface area contributed by atoms with Gasteiger partial charge in [0.15, 0.2) is 0 Å². The van der Waals surface area contributed by atoms with E-state index in [1.165, 1.54) is 4.88 Å². The number of carbonyl (C=O) groups is 1. The lowest BCUT2D eigenvalue weighted by molar-refractivity contribution is -0.117. The second-order valence-electron chi connectivity index (χ2n) is 7.07. The molecule has 1 N–H and O–H groups in total. The average molecular weight is 413 g/mol. The number of hydrogen-bond acceptors (Lipinski definition) is 6. The van der Waals surface area contributed by atoms with Crippen molar-refractivity contribution in [3.8, 4) is 10.6 Å². The molecule has 1 fully saturated rings. The van der Waals surface area contributed by atoms with Crippen molar-refractivity contribution in [2.24, 2.45) is 0 Å². The fourth-order valence-electron chi connectivity index (χ4n) is 3.34. The molecule has 7 heteroatoms. The van der Waals surface area contributed by atoms with Crippen LogP contribution in [0.15, 0.2) is 47.2 Å². The van der Waals surface area contributed by atoms with E-state index in [1.54, 1.807) is 22.7 Å². The third kappa shape index (κ3) is 5.05. The maximum atomic E-state index is 12.3. The Morgan fingerprint density at radius 2 is 1.93 bits per heavy atom. The van der Waals surface area contributed by atoms with Gasteiger partial charge < -0.3 is 5.32 Å². The van der Waals surface area contributed by atoms with Crippen molar-refractivity contribution in [2.75, 3.05) is 38.0 Å². The molecule has 2 aromatic heterocycles. The number of benzene rings is 1. The summed E-state index contributed by atoms with van der Waals surface area (Å²) in [7, 11) is 0. The lowest BCUT2D eigenvalue weighted by Crippen LogP contribution is -2.48. The van der Waals surface area contributed by atoms with Gasteiger partial charge in [-0.25, -0.2) is 4.98 Å². The Labute approximate surface area is 173 Å². The van der Waals surface area contributed by atoms with E-state index in [0.29, 0.717) is 6.54 Å². The van der Waals surface area contributed by atoms with E-state index in [0.717, 1.165) is 54.7 Å². The zero-order chi connectivity index (χ0) is 19.3. The summed E-state index contributed by atoms with van der Waals surface area (Å²) in [5, 5.41) is 8.39. The molecule has 0 aliphatic carbocycles. The summed E-state index contributed by atoms with van der Waals surface area (Å²) in [5.74, 6) is 0.0552. The van der Waals surface area contributed by atoms with Gasteiger partial charge in [0, 0.05) is 37.2 Å². The van der Waals surface area contributed by atoms with Crippen molar-refractivity contribution in [1.29, 1.82) is 0 Å². The second kappa shape index (κ2) is 8.96. The van der Waals surface area contributed by atoms with Crippen LogP contribution < -0.4 is 5.32 Å². The number of carbonyl (C=O) groups excluding carboxylic acids is 1. The highest BCUT2D eigenvalue weighted by Gasteiger charge is 2.20. The molecule has 0 unspecified atom stereocenters. The number of aromatic nitrogens is 1. The van der Waals surface area contributed by atoms with E-state index in [4.69, 9.17) is 4.98 Å². The first-order chi connectivity index (χ1) is 13.7. The summed E-state index contributed by atoms with van der Waals surface area (Å²) < 4.78 is 0. The van der Waals surface area contributed by atoms with Crippen LogP contribution in [0, 0.1) is 6.92 Å². The first-order valence-corrected chi connectivity index (χ1v) is 11.2. The smallest absolute Gasteiger partial charge is 0.238 e. The van der Waals surface area contributed by atoms with Crippen molar-refractivity contribution >= 4 is 34.3 Å². The Morgan fingerprint density at radius 1 is 1.11 bits per heavy atom. The van der Waals surface area contributed by atoms with Crippen LogP contribution in [0.2, 0.25) is 0 Å². The highest BCUT2D eigenvalue weighted by atomic mass is 32.1. The van der Waals surface area contributed by atoms with Gasteiger partial charge in [0.1, 0.15) is 5.01 Å². The maximum Gasteiger partial charge on any atom is 0.238 e. The summed E-state index contributed by atoms with van der Waals surface area (Å²) in [6.45, 7) is 7.10. The molecule has 3 aromatic rings. The summed E-state index contributed by atoms with van der Waals surface area (Å²) >= 11 is 3.46. The van der Waals surface area contributed by atoms with Gasteiger partial charge in [-0.05, 0) is 36.1 Å². The summed E-state index contributed by atoms with van der Waals surface area (Å²) in [4.78, 5) is 23.0. The van der Waals surface area contributed by atoms with Crippen LogP contribution in [0.25, 0.3) is 10.6 Å². The molecule has 0 bridgehead atoms. The van der Waals surface area contributed by atoms with Gasteiger partial charge in [-0.1, -0.05) is 18.2 Å². The highest BCUT2D eigenvalue weighted by Crippen LogP contribution is 2.26. The molecule has 28 heavy (non-hydrogen) atoms. The minimum absolute atomic E-state index is 0.0552. The third-order valence-corrected chi connectivity index (χ3v) is 6.54. The predicted octanol–water partition coefficient (Wildman–Crippen LogP) is 3.94. The van der Waals surface area contributed by atoms with Crippen LogP contribution in [0.5, 0.6) is 0 Å². The molecule has 4 rings (SSSR count). The van der Waals surface area contributed by atoms with Crippen molar-refractivity contribution < 1.29 is 4.79 Å². The number of amides is 1. The molecule has 1 saturated heterocycles. The summed E-state index contributed by atoms with van der Waals surface area (Å²) in [6, 6.07) is 12.1. The molecule has 1 aromatic carbocycles. The number of rotatable bonds is 6. The zero-order valence-electron chi connectivity index (χ0n) is 15.9. The Hall–Kier alpha value is -2.06. The van der Waals surface area contributed by atoms with Gasteiger partial charge in [-0.3, -0.25) is 14.6 Å². The number of thiophene rings is 1. The minimum Gasteiger partial charge on any atom is -0.325 e. The van der Waals surface area contributed by atoms with Crippen molar-refractivity contribution in [3.05, 3.63) is 57.7 Å². The fraction of sp³-hybridized carbons (Fsp3) is 0.333. The molecule has 1 aliphatic rings. The van der Waals surface area contributed by atoms with Gasteiger partial charge in [0.2, 0.25) is 5.91 Å². The van der Waals surface area contributed by atoms with Crippen LogP contribution >= 0.6 is 22.7 Å². The first-order valence-electron chi connectivity index (χ1n) is 9.45. The normalized spacial score (nSPS) is 15.6. The summed E-state index contributed by atoms with van der Waals surface area (Å²) in [5.41, 5.74) is 3.10. The van der Waals surface area contributed by atoms with E-state index in [1.807, 2.05) is 31.2 Å². The molecular weight excluding hydrogens is 388 g/mol. The molecule has 0 atom stereocenters. The van der Waals surface area contributed by atoms with Crippen LogP contribution in [0.4, 0.5) is 5.69 Å². The largest absolute Gasteiger partial charge is 0.325 e. The zero-order valence-corrected chi connectivity index (χ0v) is 17.6. The van der Waals surface area contributed by atoms with E-state index in [2.05, 4.69) is 38.0 Å². The quantitative estimate of drug-likeness (QED) is 0.666. The second-order valence-corrected chi connectivity index (χ2v) is 8.96. The Bertz CT molecular complexity index is 914. The minimum atomic E-state index is 0.0552. The standard InChI is InChI=1S/C21H24N4OS2/c1-16-4-2-5-17(12-16)22-20(26)13-24-7-9-25(10-8-24)14-21-23-18(15-28-21)19-6-3-11-27-19/h2-6,11-12,15H,7-10,13-14H2,1H3,(H,22,26). The van der Waals surface area contributed by atoms with Gasteiger partial charge in [0.25, 0.3) is 0 Å². The van der Waals surface area contributed by atoms with Crippen LogP contribution in [-0.4, -0.2) is 53.4 Å². The molecule has 1 aliphatic heterocycles. The van der Waals surface area contributed by atoms with E-state index >= 15 is 0 Å². The summed E-state index contributed by atoms with van der Waals surface area (Å²) in [6.07, 6.45) is 0. The molecule has 3 heterocycles. The molecular formula is C21H24N4OS2. The van der Waals surface area contributed by atoms with E-state index in [-0.39, 0.29) is 5.91 Å². The monoisotopic (exact) mass is 412 g/mol. The SMILES string of the molecule is Cc1cccc(NC(=O)CN2CCN(Cc3nc(-c4cccs4)cs3)CC2)c1. The van der Waals surface area contributed by atoms with Crippen LogP contribution in [0.1, 0.15) is 10.6 Å². The molecule has 5 nitrogen and oxygen atoms in total. The molecule has 1 amide bonds. The van der Waals surface area contributed by atoms with Gasteiger partial charge in [-0.2, -0.15) is 0 Å². The number of thiazole rings is 1. The van der Waals surface area contributed by atoms with Crippen molar-refractivity contribution in [2.45, 2.75) is 13.5 Å². The molecule has 0 radical (unpaired) electrons. The number of nitrogens with zero attached hydrogens (tertiary/aromatic N) is 3. The van der Waals surface area contributed by atoms with Crippen molar-refractivity contribution in [3.63, 3.8) is 0 Å². The lowest BCUT2D eigenvalue weighted by atomic mass is 10.2. The lowest BCUT2D eigenvalue weighted by Gasteiger charge is -2.33.